The van der Waals surface area contributed by atoms with Crippen LogP contribution in [0.3, 0.4) is 0 Å². The number of amides is 2. The lowest BCUT2D eigenvalue weighted by Gasteiger charge is -2.32. The molecule has 3 aromatic carbocycles. The number of anilines is 1. The highest BCUT2D eigenvalue weighted by Crippen LogP contribution is 2.26. The van der Waals surface area contributed by atoms with Crippen molar-refractivity contribution in [2.45, 2.75) is 45.1 Å². The quantitative estimate of drug-likeness (QED) is 0.437. The zero-order chi connectivity index (χ0) is 27.2. The van der Waals surface area contributed by atoms with Crippen molar-refractivity contribution in [3.05, 3.63) is 95.1 Å². The summed E-state index contributed by atoms with van der Waals surface area (Å²) in [5.74, 6) is -0.775. The van der Waals surface area contributed by atoms with E-state index in [4.69, 9.17) is 0 Å². The van der Waals surface area contributed by atoms with Gasteiger partial charge in [0.15, 0.2) is 0 Å². The first kappa shape index (κ1) is 27.9. The first-order valence-corrected chi connectivity index (χ1v) is 13.7. The number of carbonyl (C=O) groups excluding carboxylic acids is 2. The molecule has 0 saturated carbocycles. The molecule has 0 aliphatic carbocycles. The fourth-order valence-corrected chi connectivity index (χ4v) is 5.64. The first-order chi connectivity index (χ1) is 17.5. The third kappa shape index (κ3) is 6.98. The van der Waals surface area contributed by atoms with E-state index in [2.05, 4.69) is 5.32 Å². The van der Waals surface area contributed by atoms with Crippen molar-refractivity contribution in [1.29, 1.82) is 0 Å². The van der Waals surface area contributed by atoms with Gasteiger partial charge < -0.3 is 10.2 Å². The van der Waals surface area contributed by atoms with Gasteiger partial charge in [0.1, 0.15) is 12.6 Å². The molecule has 7 nitrogen and oxygen atoms in total. The van der Waals surface area contributed by atoms with Gasteiger partial charge in [0.05, 0.1) is 10.6 Å². The fraction of sp³-hybridized carbons (Fsp3) is 0.310. The van der Waals surface area contributed by atoms with Gasteiger partial charge in [-0.1, -0.05) is 54.1 Å². The van der Waals surface area contributed by atoms with E-state index in [0.717, 1.165) is 26.6 Å². The van der Waals surface area contributed by atoms with Crippen molar-refractivity contribution in [2.24, 2.45) is 0 Å². The van der Waals surface area contributed by atoms with E-state index in [-0.39, 0.29) is 17.3 Å². The van der Waals surface area contributed by atoms with Crippen LogP contribution in [0.1, 0.15) is 29.2 Å². The molecule has 3 rings (SSSR count). The molecule has 0 bridgehead atoms. The standard InChI is InChI=1S/C29H35N3O4S/c1-21-11-13-27(14-12-21)37(35,36)32(26-18-22(2)17-23(3)19-26)20-28(33)31(24(4)29(34)30-5)16-15-25-9-7-6-8-10-25/h6-14,17-19,24H,15-16,20H2,1-5H3,(H,30,34)/t24-/m0/s1. The summed E-state index contributed by atoms with van der Waals surface area (Å²) in [6.07, 6.45) is 0.530. The minimum absolute atomic E-state index is 0.0974. The van der Waals surface area contributed by atoms with Gasteiger partial charge in [-0.3, -0.25) is 13.9 Å². The predicted octanol–water partition coefficient (Wildman–Crippen LogP) is 4.01. The van der Waals surface area contributed by atoms with Crippen LogP contribution in [0.5, 0.6) is 0 Å². The summed E-state index contributed by atoms with van der Waals surface area (Å²) in [6, 6.07) is 20.9. The average Bonchev–Trinajstić information content (AvgIpc) is 2.86. The van der Waals surface area contributed by atoms with Crippen LogP contribution < -0.4 is 9.62 Å². The van der Waals surface area contributed by atoms with Crippen LogP contribution in [0.15, 0.2) is 77.7 Å². The number of rotatable bonds is 10. The van der Waals surface area contributed by atoms with Crippen LogP contribution in [-0.2, 0) is 26.0 Å². The Balaban J connectivity index is 2.01. The molecule has 0 heterocycles. The Labute approximate surface area is 220 Å². The predicted molar refractivity (Wildman–Crippen MR) is 147 cm³/mol. The summed E-state index contributed by atoms with van der Waals surface area (Å²) in [5, 5.41) is 2.59. The van der Waals surface area contributed by atoms with Crippen molar-refractivity contribution in [3.63, 3.8) is 0 Å². The molecular formula is C29H35N3O4S. The van der Waals surface area contributed by atoms with E-state index in [0.29, 0.717) is 12.1 Å². The lowest BCUT2D eigenvalue weighted by atomic mass is 10.1. The van der Waals surface area contributed by atoms with Gasteiger partial charge in [-0.2, -0.15) is 0 Å². The van der Waals surface area contributed by atoms with E-state index >= 15 is 0 Å². The van der Waals surface area contributed by atoms with E-state index in [9.17, 15) is 18.0 Å². The second kappa shape index (κ2) is 12.1. The molecule has 0 saturated heterocycles. The van der Waals surface area contributed by atoms with Crippen molar-refractivity contribution in [2.75, 3.05) is 24.4 Å². The molecule has 0 aromatic heterocycles. The van der Waals surface area contributed by atoms with Gasteiger partial charge in [-0.05, 0) is 75.1 Å². The number of hydrogen-bond donors (Lipinski definition) is 1. The van der Waals surface area contributed by atoms with Crippen molar-refractivity contribution >= 4 is 27.5 Å². The largest absolute Gasteiger partial charge is 0.357 e. The third-order valence-corrected chi connectivity index (χ3v) is 8.07. The molecule has 196 valence electrons. The van der Waals surface area contributed by atoms with Crippen LogP contribution in [0.25, 0.3) is 0 Å². The van der Waals surface area contributed by atoms with Crippen LogP contribution in [0.2, 0.25) is 0 Å². The summed E-state index contributed by atoms with van der Waals surface area (Å²) >= 11 is 0. The highest BCUT2D eigenvalue weighted by Gasteiger charge is 2.32. The summed E-state index contributed by atoms with van der Waals surface area (Å²) in [6.45, 7) is 7.13. The third-order valence-electron chi connectivity index (χ3n) is 6.28. The fourth-order valence-electron chi connectivity index (χ4n) is 4.24. The normalized spacial score (nSPS) is 12.0. The summed E-state index contributed by atoms with van der Waals surface area (Å²) in [5.41, 5.74) is 4.11. The molecule has 0 unspecified atom stereocenters. The Bertz CT molecular complexity index is 1320. The van der Waals surface area contributed by atoms with Crippen LogP contribution in [-0.4, -0.2) is 51.3 Å². The molecule has 1 N–H and O–H groups in total. The molecule has 2 amide bonds. The number of hydrogen-bond acceptors (Lipinski definition) is 4. The van der Waals surface area contributed by atoms with Gasteiger partial charge in [0.2, 0.25) is 11.8 Å². The second-order valence-corrected chi connectivity index (χ2v) is 11.1. The zero-order valence-electron chi connectivity index (χ0n) is 22.1. The lowest BCUT2D eigenvalue weighted by Crippen LogP contribution is -2.51. The molecule has 0 radical (unpaired) electrons. The Morgan fingerprint density at radius 1 is 0.865 bits per heavy atom. The highest BCUT2D eigenvalue weighted by molar-refractivity contribution is 7.92. The van der Waals surface area contributed by atoms with Gasteiger partial charge in [0.25, 0.3) is 10.0 Å². The molecule has 1 atom stereocenters. The Morgan fingerprint density at radius 2 is 1.46 bits per heavy atom. The van der Waals surface area contributed by atoms with Crippen molar-refractivity contribution in [1.82, 2.24) is 10.2 Å². The maximum atomic E-state index is 13.8. The minimum atomic E-state index is -4.07. The number of nitrogens with zero attached hydrogens (tertiary/aromatic N) is 2. The molecular weight excluding hydrogens is 486 g/mol. The van der Waals surface area contributed by atoms with E-state index in [1.54, 1.807) is 43.3 Å². The topological polar surface area (TPSA) is 86.8 Å². The Morgan fingerprint density at radius 3 is 2.03 bits per heavy atom. The second-order valence-electron chi connectivity index (χ2n) is 9.28. The van der Waals surface area contributed by atoms with E-state index in [1.807, 2.05) is 57.2 Å². The van der Waals surface area contributed by atoms with Gasteiger partial charge in [0, 0.05) is 13.6 Å². The maximum absolute atomic E-state index is 13.8. The minimum Gasteiger partial charge on any atom is -0.357 e. The monoisotopic (exact) mass is 521 g/mol. The molecule has 37 heavy (non-hydrogen) atoms. The SMILES string of the molecule is CNC(=O)[C@H](C)N(CCc1ccccc1)C(=O)CN(c1cc(C)cc(C)c1)S(=O)(=O)c1ccc(C)cc1. The number of nitrogens with one attached hydrogen (secondary N) is 1. The molecule has 0 fully saturated rings. The van der Waals surface area contributed by atoms with Crippen molar-refractivity contribution < 1.29 is 18.0 Å². The number of carbonyl (C=O) groups is 2. The number of benzene rings is 3. The molecule has 0 aliphatic rings. The molecule has 0 aliphatic heterocycles. The lowest BCUT2D eigenvalue weighted by molar-refractivity contribution is -0.138. The first-order valence-electron chi connectivity index (χ1n) is 12.3. The maximum Gasteiger partial charge on any atom is 0.264 e. The molecule has 8 heteroatoms. The number of likely N-dealkylation sites (N-methyl/N-ethyl adjacent to an activating group) is 1. The summed E-state index contributed by atoms with van der Waals surface area (Å²) in [7, 11) is -2.55. The van der Waals surface area contributed by atoms with Crippen molar-refractivity contribution in [3.8, 4) is 0 Å². The van der Waals surface area contributed by atoms with E-state index < -0.39 is 28.5 Å². The smallest absolute Gasteiger partial charge is 0.264 e. The molecule has 3 aromatic rings. The van der Waals surface area contributed by atoms with E-state index in [1.165, 1.54) is 11.9 Å². The highest BCUT2D eigenvalue weighted by atomic mass is 32.2. The van der Waals surface area contributed by atoms with Crippen LogP contribution in [0.4, 0.5) is 5.69 Å². The van der Waals surface area contributed by atoms with Gasteiger partial charge in [-0.25, -0.2) is 8.42 Å². The average molecular weight is 522 g/mol. The van der Waals surface area contributed by atoms with Crippen LogP contribution in [0, 0.1) is 20.8 Å². The van der Waals surface area contributed by atoms with Gasteiger partial charge >= 0.3 is 0 Å². The zero-order valence-corrected chi connectivity index (χ0v) is 22.9. The van der Waals surface area contributed by atoms with Crippen LogP contribution >= 0.6 is 0 Å². The Kier molecular flexibility index (Phi) is 9.10. The summed E-state index contributed by atoms with van der Waals surface area (Å²) < 4.78 is 28.8. The number of sulfonamides is 1. The number of aryl methyl sites for hydroxylation is 3. The van der Waals surface area contributed by atoms with Gasteiger partial charge in [-0.15, -0.1) is 0 Å². The Hall–Kier alpha value is -3.65. The molecule has 0 spiro atoms. The summed E-state index contributed by atoms with van der Waals surface area (Å²) in [4.78, 5) is 27.8.